The number of imidazole rings is 1. The van der Waals surface area contributed by atoms with E-state index in [0.29, 0.717) is 23.4 Å². The lowest BCUT2D eigenvalue weighted by atomic mass is 9.77. The SMILES string of the molecule is OCCC(COC(c1ccccc1)(c1ccccc1)c1ccccc1)n1cnc2c(NC(c3ccccc3)(c3ccccc3)c3ccccc3)ncnc21. The van der Waals surface area contributed by atoms with Gasteiger partial charge in [0.05, 0.1) is 19.0 Å². The van der Waals surface area contributed by atoms with Crippen LogP contribution < -0.4 is 5.32 Å². The molecule has 0 bridgehead atoms. The molecule has 1 unspecified atom stereocenters. The molecule has 266 valence electrons. The number of nitrogens with one attached hydrogen (secondary N) is 1. The second-order valence-corrected chi connectivity index (χ2v) is 13.3. The highest BCUT2D eigenvalue weighted by Crippen LogP contribution is 2.43. The summed E-state index contributed by atoms with van der Waals surface area (Å²) in [4.78, 5) is 14.5. The first kappa shape index (κ1) is 34.7. The molecular formula is C47H41N5O2. The van der Waals surface area contributed by atoms with Crippen LogP contribution in [0.2, 0.25) is 0 Å². The van der Waals surface area contributed by atoms with Crippen molar-refractivity contribution in [3.8, 4) is 0 Å². The first-order valence-corrected chi connectivity index (χ1v) is 18.3. The second-order valence-electron chi connectivity index (χ2n) is 13.3. The lowest BCUT2D eigenvalue weighted by molar-refractivity contribution is -0.00889. The van der Waals surface area contributed by atoms with Crippen LogP contribution in [-0.4, -0.2) is 37.8 Å². The third kappa shape index (κ3) is 6.45. The second kappa shape index (κ2) is 15.7. The molecule has 54 heavy (non-hydrogen) atoms. The Morgan fingerprint density at radius 1 is 0.537 bits per heavy atom. The summed E-state index contributed by atoms with van der Waals surface area (Å²) >= 11 is 0. The Balaban J connectivity index is 1.23. The van der Waals surface area contributed by atoms with Crippen molar-refractivity contribution >= 4 is 17.0 Å². The summed E-state index contributed by atoms with van der Waals surface area (Å²) in [6, 6.07) is 61.9. The monoisotopic (exact) mass is 707 g/mol. The molecule has 8 rings (SSSR count). The minimum absolute atomic E-state index is 0.0436. The topological polar surface area (TPSA) is 85.1 Å². The zero-order valence-corrected chi connectivity index (χ0v) is 29.8. The van der Waals surface area contributed by atoms with Gasteiger partial charge in [0.15, 0.2) is 11.5 Å². The Hall–Kier alpha value is -6.41. The predicted molar refractivity (Wildman–Crippen MR) is 214 cm³/mol. The Morgan fingerprint density at radius 2 is 0.944 bits per heavy atom. The molecule has 2 heterocycles. The van der Waals surface area contributed by atoms with E-state index in [2.05, 4.69) is 115 Å². The van der Waals surface area contributed by atoms with Gasteiger partial charge in [-0.1, -0.05) is 182 Å². The number of fused-ring (bicyclic) bond motifs is 1. The molecule has 0 saturated heterocycles. The lowest BCUT2D eigenvalue weighted by Crippen LogP contribution is -2.38. The number of anilines is 1. The van der Waals surface area contributed by atoms with E-state index in [0.717, 1.165) is 33.4 Å². The van der Waals surface area contributed by atoms with Crippen LogP contribution in [0.5, 0.6) is 0 Å². The maximum atomic E-state index is 10.4. The van der Waals surface area contributed by atoms with Gasteiger partial charge >= 0.3 is 0 Å². The van der Waals surface area contributed by atoms with Gasteiger partial charge in [0.1, 0.15) is 23.0 Å². The zero-order valence-electron chi connectivity index (χ0n) is 29.8. The van der Waals surface area contributed by atoms with Crippen LogP contribution in [0, 0.1) is 0 Å². The fraction of sp³-hybridized carbons (Fsp3) is 0.128. The van der Waals surface area contributed by atoms with Gasteiger partial charge in [-0.3, -0.25) is 0 Å². The highest BCUT2D eigenvalue weighted by atomic mass is 16.5. The summed E-state index contributed by atoms with van der Waals surface area (Å²) in [5, 5.41) is 14.3. The summed E-state index contributed by atoms with van der Waals surface area (Å²) in [6.07, 6.45) is 3.79. The molecule has 0 fully saturated rings. The molecular weight excluding hydrogens is 667 g/mol. The van der Waals surface area contributed by atoms with E-state index < -0.39 is 11.1 Å². The van der Waals surface area contributed by atoms with Crippen LogP contribution >= 0.6 is 0 Å². The summed E-state index contributed by atoms with van der Waals surface area (Å²) < 4.78 is 9.25. The molecule has 0 saturated carbocycles. The van der Waals surface area contributed by atoms with E-state index in [4.69, 9.17) is 19.7 Å². The van der Waals surface area contributed by atoms with Crippen LogP contribution in [0.3, 0.4) is 0 Å². The molecule has 0 amide bonds. The van der Waals surface area contributed by atoms with Gasteiger partial charge < -0.3 is 19.7 Å². The normalized spacial score (nSPS) is 12.4. The largest absolute Gasteiger partial charge is 0.396 e. The van der Waals surface area contributed by atoms with Gasteiger partial charge in [0.2, 0.25) is 0 Å². The quantitative estimate of drug-likeness (QED) is 0.110. The lowest BCUT2D eigenvalue weighted by Gasteiger charge is -2.37. The van der Waals surface area contributed by atoms with Crippen LogP contribution in [0.1, 0.15) is 45.8 Å². The third-order valence-electron chi connectivity index (χ3n) is 10.2. The van der Waals surface area contributed by atoms with Gasteiger partial charge in [-0.15, -0.1) is 0 Å². The molecule has 7 nitrogen and oxygen atoms in total. The van der Waals surface area contributed by atoms with E-state index in [1.54, 1.807) is 12.7 Å². The van der Waals surface area contributed by atoms with Gasteiger partial charge in [-0.2, -0.15) is 0 Å². The van der Waals surface area contributed by atoms with Crippen LogP contribution in [0.4, 0.5) is 5.82 Å². The summed E-state index contributed by atoms with van der Waals surface area (Å²) in [5.41, 5.74) is 5.72. The van der Waals surface area contributed by atoms with Crippen molar-refractivity contribution in [3.05, 3.63) is 228 Å². The molecule has 6 aromatic carbocycles. The van der Waals surface area contributed by atoms with Gasteiger partial charge in [0.25, 0.3) is 0 Å². The highest BCUT2D eigenvalue weighted by molar-refractivity contribution is 5.84. The molecule has 0 spiro atoms. The number of hydrogen-bond donors (Lipinski definition) is 2. The average molecular weight is 708 g/mol. The van der Waals surface area contributed by atoms with Gasteiger partial charge in [0, 0.05) is 6.61 Å². The Morgan fingerprint density at radius 3 is 1.35 bits per heavy atom. The number of ether oxygens (including phenoxy) is 1. The number of aliphatic hydroxyl groups is 1. The van der Waals surface area contributed by atoms with Crippen molar-refractivity contribution < 1.29 is 9.84 Å². The van der Waals surface area contributed by atoms with E-state index >= 15 is 0 Å². The minimum atomic E-state index is -0.920. The zero-order chi connectivity index (χ0) is 36.6. The number of aromatic nitrogens is 4. The van der Waals surface area contributed by atoms with E-state index in [-0.39, 0.29) is 19.3 Å². The number of rotatable bonds is 14. The highest BCUT2D eigenvalue weighted by Gasteiger charge is 2.40. The Bertz CT molecular complexity index is 2180. The molecule has 2 N–H and O–H groups in total. The van der Waals surface area contributed by atoms with E-state index in [9.17, 15) is 5.11 Å². The minimum Gasteiger partial charge on any atom is -0.396 e. The van der Waals surface area contributed by atoms with Gasteiger partial charge in [-0.05, 0) is 39.8 Å². The maximum absolute atomic E-state index is 10.4. The maximum Gasteiger partial charge on any atom is 0.165 e. The first-order chi connectivity index (χ1) is 26.7. The van der Waals surface area contributed by atoms with Crippen molar-refractivity contribution in [1.29, 1.82) is 0 Å². The van der Waals surface area contributed by atoms with Crippen LogP contribution in [0.25, 0.3) is 11.2 Å². The first-order valence-electron chi connectivity index (χ1n) is 18.3. The summed E-state index contributed by atoms with van der Waals surface area (Å²) in [7, 11) is 0. The Kier molecular flexibility index (Phi) is 10.1. The molecule has 7 heteroatoms. The standard InChI is InChI=1S/C47H41N5O2/c53-32-31-42(33-54-47(39-25-13-4-14-26-39,40-27-15-5-16-28-40)41-29-17-6-18-30-41)52-35-50-43-44(48-34-49-45(43)52)51-46(36-19-7-1-8-20-36,37-21-9-2-10-22-37)38-23-11-3-12-24-38/h1-30,34-35,42,53H,31-33H2,(H,48,49,51). The number of hydrogen-bond acceptors (Lipinski definition) is 6. The van der Waals surface area contributed by atoms with Crippen molar-refractivity contribution in [1.82, 2.24) is 19.5 Å². The van der Waals surface area contributed by atoms with Crippen molar-refractivity contribution in [2.75, 3.05) is 18.5 Å². The average Bonchev–Trinajstić information content (AvgIpc) is 3.70. The van der Waals surface area contributed by atoms with Crippen LogP contribution in [-0.2, 0) is 15.9 Å². The van der Waals surface area contributed by atoms with Crippen molar-refractivity contribution in [3.63, 3.8) is 0 Å². The Labute approximate surface area is 315 Å². The summed E-state index contributed by atoms with van der Waals surface area (Å²) in [5.74, 6) is 0.589. The summed E-state index contributed by atoms with van der Waals surface area (Å²) in [6.45, 7) is 0.220. The molecule has 2 aromatic heterocycles. The van der Waals surface area contributed by atoms with E-state index in [1.807, 2.05) is 77.4 Å². The fourth-order valence-electron chi connectivity index (χ4n) is 7.61. The molecule has 0 radical (unpaired) electrons. The smallest absolute Gasteiger partial charge is 0.165 e. The number of nitrogens with zero attached hydrogens (tertiary/aromatic N) is 4. The fourth-order valence-corrected chi connectivity index (χ4v) is 7.61. The van der Waals surface area contributed by atoms with Crippen LogP contribution in [0.15, 0.2) is 195 Å². The van der Waals surface area contributed by atoms with Crippen molar-refractivity contribution in [2.45, 2.75) is 23.6 Å². The molecule has 0 aliphatic carbocycles. The third-order valence-corrected chi connectivity index (χ3v) is 10.2. The molecule has 0 aliphatic rings. The molecule has 0 aliphatic heterocycles. The van der Waals surface area contributed by atoms with Gasteiger partial charge in [-0.25, -0.2) is 15.0 Å². The van der Waals surface area contributed by atoms with E-state index in [1.165, 1.54) is 0 Å². The number of benzene rings is 6. The number of aliphatic hydroxyl groups excluding tert-OH is 1. The van der Waals surface area contributed by atoms with Crippen molar-refractivity contribution in [2.24, 2.45) is 0 Å². The molecule has 1 atom stereocenters. The molecule has 8 aromatic rings. The predicted octanol–water partition coefficient (Wildman–Crippen LogP) is 9.16.